The molecule has 0 aliphatic carbocycles. The summed E-state index contributed by atoms with van der Waals surface area (Å²) in [5.41, 5.74) is 2.05. The van der Waals surface area contributed by atoms with Crippen molar-refractivity contribution in [3.05, 3.63) is 29.8 Å². The fourth-order valence-corrected chi connectivity index (χ4v) is 3.47. The summed E-state index contributed by atoms with van der Waals surface area (Å²) in [6, 6.07) is 7.55. The molecular formula is C19H29N4O3+. The van der Waals surface area contributed by atoms with E-state index in [-0.39, 0.29) is 18.0 Å². The number of ether oxygens (including phenoxy) is 1. The molecule has 2 saturated heterocycles. The van der Waals surface area contributed by atoms with Gasteiger partial charge in [0, 0.05) is 31.6 Å². The fourth-order valence-electron chi connectivity index (χ4n) is 3.47. The number of nitrogens with zero attached hydrogens (tertiary/aromatic N) is 1. The summed E-state index contributed by atoms with van der Waals surface area (Å²) < 4.78 is 5.34. The summed E-state index contributed by atoms with van der Waals surface area (Å²) in [7, 11) is 0. The van der Waals surface area contributed by atoms with Crippen molar-refractivity contribution in [1.29, 1.82) is 0 Å². The molecule has 2 aliphatic rings. The van der Waals surface area contributed by atoms with E-state index in [1.165, 1.54) is 4.90 Å². The minimum atomic E-state index is -0.189. The summed E-state index contributed by atoms with van der Waals surface area (Å²) in [5.74, 6) is 0.0510. The summed E-state index contributed by atoms with van der Waals surface area (Å²) in [4.78, 5) is 27.6. The lowest BCUT2D eigenvalue weighted by molar-refractivity contribution is -0.908. The van der Waals surface area contributed by atoms with Crippen LogP contribution in [0.3, 0.4) is 0 Å². The fraction of sp³-hybridized carbons (Fsp3) is 0.579. The van der Waals surface area contributed by atoms with Crippen LogP contribution in [0.15, 0.2) is 24.3 Å². The average molecular weight is 361 g/mol. The Morgan fingerprint density at radius 1 is 1.27 bits per heavy atom. The van der Waals surface area contributed by atoms with Crippen molar-refractivity contribution in [3.63, 3.8) is 0 Å². The van der Waals surface area contributed by atoms with Gasteiger partial charge in [-0.1, -0.05) is 17.7 Å². The summed E-state index contributed by atoms with van der Waals surface area (Å²) in [6.45, 7) is 7.99. The molecule has 7 heteroatoms. The molecule has 26 heavy (non-hydrogen) atoms. The number of amides is 3. The third kappa shape index (κ3) is 5.19. The minimum Gasteiger partial charge on any atom is -0.370 e. The topological polar surface area (TPSA) is 75.1 Å². The Kier molecular flexibility index (Phi) is 6.46. The van der Waals surface area contributed by atoms with Gasteiger partial charge in [0.05, 0.1) is 25.8 Å². The second kappa shape index (κ2) is 9.00. The first-order valence-electron chi connectivity index (χ1n) is 9.44. The molecule has 2 aliphatic heterocycles. The minimum absolute atomic E-state index is 0.0510. The Labute approximate surface area is 154 Å². The van der Waals surface area contributed by atoms with Crippen LogP contribution >= 0.6 is 0 Å². The number of benzene rings is 1. The number of carbonyl (C=O) groups is 2. The number of hydrogen-bond acceptors (Lipinski definition) is 3. The highest BCUT2D eigenvalue weighted by Crippen LogP contribution is 2.21. The van der Waals surface area contributed by atoms with Crippen molar-refractivity contribution >= 4 is 17.6 Å². The van der Waals surface area contributed by atoms with Crippen molar-refractivity contribution in [1.82, 2.24) is 10.6 Å². The second-order valence-electron chi connectivity index (χ2n) is 7.11. The van der Waals surface area contributed by atoms with E-state index in [2.05, 4.69) is 10.6 Å². The predicted octanol–water partition coefficient (Wildman–Crippen LogP) is -0.295. The zero-order valence-electron chi connectivity index (χ0n) is 15.4. The highest BCUT2D eigenvalue weighted by atomic mass is 16.5. The molecule has 1 aromatic carbocycles. The highest BCUT2D eigenvalue weighted by Gasteiger charge is 2.31. The molecule has 7 nitrogen and oxygen atoms in total. The number of quaternary nitrogens is 1. The molecule has 0 unspecified atom stereocenters. The van der Waals surface area contributed by atoms with E-state index >= 15 is 0 Å². The summed E-state index contributed by atoms with van der Waals surface area (Å²) in [5, 5.41) is 5.82. The number of nitrogens with one attached hydrogen (secondary N) is 3. The summed E-state index contributed by atoms with van der Waals surface area (Å²) in [6.07, 6.45) is 1.29. The zero-order chi connectivity index (χ0) is 18.4. The largest absolute Gasteiger partial charge is 0.370 e. The first-order chi connectivity index (χ1) is 12.6. The van der Waals surface area contributed by atoms with E-state index in [9.17, 15) is 9.59 Å². The van der Waals surface area contributed by atoms with Crippen LogP contribution in [0.5, 0.6) is 0 Å². The van der Waals surface area contributed by atoms with Gasteiger partial charge < -0.3 is 25.2 Å². The number of carbonyl (C=O) groups excluding carboxylic acids is 2. The number of rotatable bonds is 6. The number of aryl methyl sites for hydroxylation is 1. The lowest BCUT2D eigenvalue weighted by atomic mass is 10.2. The molecule has 3 N–H and O–H groups in total. The van der Waals surface area contributed by atoms with Gasteiger partial charge in [0.1, 0.15) is 13.1 Å². The van der Waals surface area contributed by atoms with E-state index < -0.39 is 0 Å². The molecule has 3 amide bonds. The molecule has 1 atom stereocenters. The van der Waals surface area contributed by atoms with E-state index in [4.69, 9.17) is 4.74 Å². The van der Waals surface area contributed by atoms with Gasteiger partial charge >= 0.3 is 6.03 Å². The zero-order valence-corrected chi connectivity index (χ0v) is 15.4. The van der Waals surface area contributed by atoms with Crippen LogP contribution < -0.4 is 20.4 Å². The van der Waals surface area contributed by atoms with Gasteiger partial charge in [-0.3, -0.25) is 4.79 Å². The van der Waals surface area contributed by atoms with Crippen LogP contribution in [0.1, 0.15) is 18.4 Å². The van der Waals surface area contributed by atoms with Crippen molar-refractivity contribution in [2.75, 3.05) is 50.8 Å². The maximum absolute atomic E-state index is 12.2. The normalized spacial score (nSPS) is 21.0. The Hall–Kier alpha value is -2.12. The highest BCUT2D eigenvalue weighted by molar-refractivity contribution is 5.96. The molecule has 142 valence electrons. The maximum atomic E-state index is 12.2. The van der Waals surface area contributed by atoms with E-state index in [1.54, 1.807) is 4.90 Å². The molecule has 2 fully saturated rings. The van der Waals surface area contributed by atoms with Crippen molar-refractivity contribution < 1.29 is 19.2 Å². The monoisotopic (exact) mass is 361 g/mol. The Morgan fingerprint density at radius 3 is 2.73 bits per heavy atom. The van der Waals surface area contributed by atoms with Gasteiger partial charge in [0.2, 0.25) is 5.91 Å². The Balaban J connectivity index is 1.36. The number of urea groups is 1. The average Bonchev–Trinajstić information content (AvgIpc) is 3.00. The molecule has 0 radical (unpaired) electrons. The van der Waals surface area contributed by atoms with Crippen LogP contribution in [0.25, 0.3) is 0 Å². The number of hydrogen-bond donors (Lipinski definition) is 3. The maximum Gasteiger partial charge on any atom is 0.315 e. The molecular weight excluding hydrogens is 332 g/mol. The van der Waals surface area contributed by atoms with Crippen molar-refractivity contribution in [2.45, 2.75) is 25.8 Å². The van der Waals surface area contributed by atoms with Gasteiger partial charge in [0.15, 0.2) is 0 Å². The smallest absolute Gasteiger partial charge is 0.315 e. The molecule has 0 spiro atoms. The first-order valence-corrected chi connectivity index (χ1v) is 9.44. The quantitative estimate of drug-likeness (QED) is 0.610. The van der Waals surface area contributed by atoms with Crippen LogP contribution in [0.2, 0.25) is 0 Å². The number of anilines is 1. The molecule has 2 heterocycles. The van der Waals surface area contributed by atoms with Crippen LogP contribution in [-0.2, 0) is 9.53 Å². The Morgan fingerprint density at radius 2 is 2.00 bits per heavy atom. The molecule has 0 bridgehead atoms. The van der Waals surface area contributed by atoms with Gasteiger partial charge in [-0.15, -0.1) is 0 Å². The van der Waals surface area contributed by atoms with E-state index in [0.717, 1.165) is 50.5 Å². The molecule has 0 saturated carbocycles. The first kappa shape index (κ1) is 18.7. The third-order valence-electron chi connectivity index (χ3n) is 5.00. The van der Waals surface area contributed by atoms with Gasteiger partial charge in [-0.2, -0.15) is 0 Å². The van der Waals surface area contributed by atoms with Crippen molar-refractivity contribution in [2.24, 2.45) is 0 Å². The van der Waals surface area contributed by atoms with E-state index in [1.807, 2.05) is 31.2 Å². The number of morpholine rings is 1. The van der Waals surface area contributed by atoms with Gasteiger partial charge in [-0.25, -0.2) is 4.79 Å². The third-order valence-corrected chi connectivity index (χ3v) is 5.00. The standard InChI is InChI=1S/C19H28N4O3/c1-15-3-5-17(6-4-15)23-14-16(13-18(23)24)21-19(25)20-7-2-8-22-9-11-26-12-10-22/h3-6,16H,2,7-14H2,1H3,(H2,20,21,25)/p+1/t16-/m0/s1. The summed E-state index contributed by atoms with van der Waals surface area (Å²) >= 11 is 0. The second-order valence-corrected chi connectivity index (χ2v) is 7.11. The predicted molar refractivity (Wildman–Crippen MR) is 99.5 cm³/mol. The lowest BCUT2D eigenvalue weighted by Gasteiger charge is -2.23. The van der Waals surface area contributed by atoms with Crippen molar-refractivity contribution in [3.8, 4) is 0 Å². The molecule has 0 aromatic heterocycles. The molecule has 1 aromatic rings. The lowest BCUT2D eigenvalue weighted by Crippen LogP contribution is -3.14. The van der Waals surface area contributed by atoms with Gasteiger partial charge in [0.25, 0.3) is 0 Å². The SMILES string of the molecule is Cc1ccc(N2C[C@@H](NC(=O)NCCC[NH+]3CCOCC3)CC2=O)cc1. The van der Waals surface area contributed by atoms with Crippen LogP contribution in [-0.4, -0.2) is 63.9 Å². The van der Waals surface area contributed by atoms with Gasteiger partial charge in [-0.05, 0) is 19.1 Å². The Bertz CT molecular complexity index is 614. The molecule has 3 rings (SSSR count). The van der Waals surface area contributed by atoms with Crippen LogP contribution in [0, 0.1) is 6.92 Å². The van der Waals surface area contributed by atoms with Crippen LogP contribution in [0.4, 0.5) is 10.5 Å². The van der Waals surface area contributed by atoms with E-state index in [0.29, 0.717) is 19.5 Å².